The lowest BCUT2D eigenvalue weighted by molar-refractivity contribution is -0.139. The van der Waals surface area contributed by atoms with Crippen LogP contribution in [0, 0.1) is 6.92 Å². The molecule has 0 aliphatic carbocycles. The SMILES string of the molecule is CCOc1ccc(N(CC(=O)N(Cc2ccc(Cl)cc2Cl)C(Cc2ccccc2)C(=O)NC)S(=O)(=O)c2ccc(C)cc2)cc1. The molecular weight excluding hydrogens is 633 g/mol. The lowest BCUT2D eigenvalue weighted by atomic mass is 10.0. The molecule has 4 aromatic carbocycles. The molecule has 236 valence electrons. The lowest BCUT2D eigenvalue weighted by Crippen LogP contribution is -2.53. The topological polar surface area (TPSA) is 96.0 Å². The Morgan fingerprint density at radius 2 is 1.58 bits per heavy atom. The third-order valence-corrected chi connectivity index (χ3v) is 9.57. The Labute approximate surface area is 274 Å². The van der Waals surface area contributed by atoms with E-state index >= 15 is 0 Å². The fourth-order valence-electron chi connectivity index (χ4n) is 4.80. The molecule has 11 heteroatoms. The molecule has 0 bridgehead atoms. The zero-order valence-electron chi connectivity index (χ0n) is 25.2. The highest BCUT2D eigenvalue weighted by molar-refractivity contribution is 7.92. The second-order valence-electron chi connectivity index (χ2n) is 10.3. The van der Waals surface area contributed by atoms with Gasteiger partial charge in [0.1, 0.15) is 18.3 Å². The quantitative estimate of drug-likeness (QED) is 0.181. The van der Waals surface area contributed by atoms with Gasteiger partial charge in [-0.05, 0) is 73.5 Å². The minimum Gasteiger partial charge on any atom is -0.494 e. The highest BCUT2D eigenvalue weighted by atomic mass is 35.5. The van der Waals surface area contributed by atoms with Gasteiger partial charge in [0.25, 0.3) is 10.0 Å². The maximum absolute atomic E-state index is 14.4. The first-order chi connectivity index (χ1) is 21.5. The van der Waals surface area contributed by atoms with Crippen LogP contribution in [-0.2, 0) is 32.6 Å². The summed E-state index contributed by atoms with van der Waals surface area (Å²) in [6.45, 7) is 3.49. The summed E-state index contributed by atoms with van der Waals surface area (Å²) in [6, 6.07) is 26.1. The molecule has 1 unspecified atom stereocenters. The summed E-state index contributed by atoms with van der Waals surface area (Å²) < 4.78 is 34.8. The fraction of sp³-hybridized carbons (Fsp3) is 0.235. The predicted molar refractivity (Wildman–Crippen MR) is 178 cm³/mol. The van der Waals surface area contributed by atoms with Crippen molar-refractivity contribution in [1.82, 2.24) is 10.2 Å². The van der Waals surface area contributed by atoms with Gasteiger partial charge in [-0.3, -0.25) is 13.9 Å². The molecule has 0 aromatic heterocycles. The van der Waals surface area contributed by atoms with Crippen LogP contribution in [0.1, 0.15) is 23.6 Å². The predicted octanol–water partition coefficient (Wildman–Crippen LogP) is 6.28. The molecule has 1 N–H and O–H groups in total. The number of likely N-dealkylation sites (N-methyl/N-ethyl adjacent to an activating group) is 1. The highest BCUT2D eigenvalue weighted by Crippen LogP contribution is 2.28. The first kappa shape index (κ1) is 33.8. The summed E-state index contributed by atoms with van der Waals surface area (Å²) in [7, 11) is -2.73. The van der Waals surface area contributed by atoms with Crippen molar-refractivity contribution in [3.8, 4) is 5.75 Å². The molecule has 4 rings (SSSR count). The van der Waals surface area contributed by atoms with E-state index in [9.17, 15) is 18.0 Å². The van der Waals surface area contributed by atoms with Gasteiger partial charge in [0.2, 0.25) is 11.8 Å². The minimum atomic E-state index is -4.22. The van der Waals surface area contributed by atoms with Crippen LogP contribution in [0.25, 0.3) is 0 Å². The molecule has 8 nitrogen and oxygen atoms in total. The van der Waals surface area contributed by atoms with Crippen LogP contribution in [0.15, 0.2) is 102 Å². The van der Waals surface area contributed by atoms with E-state index < -0.39 is 34.4 Å². The zero-order chi connectivity index (χ0) is 32.6. The number of hydrogen-bond acceptors (Lipinski definition) is 5. The molecule has 0 saturated heterocycles. The van der Waals surface area contributed by atoms with Gasteiger partial charge in [0.05, 0.1) is 17.2 Å². The number of sulfonamides is 1. The van der Waals surface area contributed by atoms with Crippen LogP contribution in [-0.4, -0.2) is 51.4 Å². The Hall–Kier alpha value is -4.05. The summed E-state index contributed by atoms with van der Waals surface area (Å²) in [5.41, 5.74) is 2.52. The Balaban J connectivity index is 1.80. The Morgan fingerprint density at radius 1 is 0.911 bits per heavy atom. The first-order valence-electron chi connectivity index (χ1n) is 14.3. The average molecular weight is 669 g/mol. The smallest absolute Gasteiger partial charge is 0.264 e. The molecule has 45 heavy (non-hydrogen) atoms. The fourth-order valence-corrected chi connectivity index (χ4v) is 6.68. The van der Waals surface area contributed by atoms with Crippen LogP contribution in [0.2, 0.25) is 10.0 Å². The monoisotopic (exact) mass is 667 g/mol. The van der Waals surface area contributed by atoms with Gasteiger partial charge in [-0.15, -0.1) is 0 Å². The molecule has 0 aliphatic heterocycles. The summed E-state index contributed by atoms with van der Waals surface area (Å²) in [6.07, 6.45) is 0.186. The second-order valence-corrected chi connectivity index (χ2v) is 13.0. The Kier molecular flexibility index (Phi) is 11.5. The van der Waals surface area contributed by atoms with Gasteiger partial charge < -0.3 is 15.0 Å². The lowest BCUT2D eigenvalue weighted by Gasteiger charge is -2.33. The van der Waals surface area contributed by atoms with Gasteiger partial charge in [-0.1, -0.05) is 77.3 Å². The number of hydrogen-bond donors (Lipinski definition) is 1. The summed E-state index contributed by atoms with van der Waals surface area (Å²) in [4.78, 5) is 29.2. The number of anilines is 1. The molecule has 0 saturated carbocycles. The van der Waals surface area contributed by atoms with Crippen molar-refractivity contribution in [2.24, 2.45) is 0 Å². The summed E-state index contributed by atoms with van der Waals surface area (Å²) in [5, 5.41) is 3.39. The van der Waals surface area contributed by atoms with Crippen molar-refractivity contribution in [2.45, 2.75) is 37.8 Å². The number of carbonyl (C=O) groups is 2. The Bertz CT molecular complexity index is 1720. The second kappa shape index (κ2) is 15.3. The number of benzene rings is 4. The maximum atomic E-state index is 14.4. The standard InChI is InChI=1S/C34H35Cl2N3O5S/c1-4-44-29-16-14-28(15-17-29)39(45(42,43)30-18-10-24(2)11-19-30)23-33(40)38(22-26-12-13-27(35)21-31(26)36)32(34(41)37-3)20-25-8-6-5-7-9-25/h5-19,21,32H,4,20,22-23H2,1-3H3,(H,37,41). The summed E-state index contributed by atoms with van der Waals surface area (Å²) >= 11 is 12.7. The van der Waals surface area contributed by atoms with Crippen LogP contribution >= 0.6 is 23.2 Å². The van der Waals surface area contributed by atoms with E-state index in [0.29, 0.717) is 28.0 Å². The van der Waals surface area contributed by atoms with Gasteiger partial charge in [0.15, 0.2) is 0 Å². The summed E-state index contributed by atoms with van der Waals surface area (Å²) in [5.74, 6) is -0.455. The van der Waals surface area contributed by atoms with Gasteiger partial charge in [-0.25, -0.2) is 8.42 Å². The molecular formula is C34H35Cl2N3O5S. The van der Waals surface area contributed by atoms with Crippen molar-refractivity contribution >= 4 is 50.7 Å². The van der Waals surface area contributed by atoms with Gasteiger partial charge in [-0.2, -0.15) is 0 Å². The Morgan fingerprint density at radius 3 is 2.18 bits per heavy atom. The van der Waals surface area contributed by atoms with E-state index in [-0.39, 0.29) is 23.5 Å². The molecule has 2 amide bonds. The van der Waals surface area contributed by atoms with Gasteiger partial charge in [0, 0.05) is 30.1 Å². The van der Waals surface area contributed by atoms with Crippen LogP contribution in [0.5, 0.6) is 5.75 Å². The average Bonchev–Trinajstić information content (AvgIpc) is 3.03. The van der Waals surface area contributed by atoms with Gasteiger partial charge >= 0.3 is 0 Å². The maximum Gasteiger partial charge on any atom is 0.264 e. The normalized spacial score (nSPS) is 11.8. The number of nitrogens with zero attached hydrogens (tertiary/aromatic N) is 2. The molecule has 0 spiro atoms. The number of halogens is 2. The number of nitrogens with one attached hydrogen (secondary N) is 1. The van der Waals surface area contributed by atoms with Crippen LogP contribution < -0.4 is 14.4 Å². The molecule has 0 fully saturated rings. The van der Waals surface area contributed by atoms with E-state index in [1.807, 2.05) is 44.2 Å². The van der Waals surface area contributed by atoms with Crippen molar-refractivity contribution in [3.63, 3.8) is 0 Å². The van der Waals surface area contributed by atoms with Crippen molar-refractivity contribution in [2.75, 3.05) is 24.5 Å². The molecule has 0 radical (unpaired) electrons. The van der Waals surface area contributed by atoms with Crippen LogP contribution in [0.4, 0.5) is 5.69 Å². The van der Waals surface area contributed by atoms with E-state index in [1.54, 1.807) is 54.6 Å². The van der Waals surface area contributed by atoms with Crippen molar-refractivity contribution in [3.05, 3.63) is 124 Å². The number of carbonyl (C=O) groups excluding carboxylic acids is 2. The molecule has 0 aliphatic rings. The number of ether oxygens (including phenoxy) is 1. The number of amides is 2. The highest BCUT2D eigenvalue weighted by Gasteiger charge is 2.34. The minimum absolute atomic E-state index is 0.0224. The van der Waals surface area contributed by atoms with E-state index in [2.05, 4.69) is 5.32 Å². The first-order valence-corrected chi connectivity index (χ1v) is 16.5. The van der Waals surface area contributed by atoms with E-state index in [4.69, 9.17) is 27.9 Å². The van der Waals surface area contributed by atoms with Crippen molar-refractivity contribution in [1.29, 1.82) is 0 Å². The third-order valence-electron chi connectivity index (χ3n) is 7.20. The third kappa shape index (κ3) is 8.57. The molecule has 0 heterocycles. The molecule has 4 aromatic rings. The van der Waals surface area contributed by atoms with Crippen molar-refractivity contribution < 1.29 is 22.7 Å². The number of rotatable bonds is 13. The van der Waals surface area contributed by atoms with Crippen LogP contribution in [0.3, 0.4) is 0 Å². The largest absolute Gasteiger partial charge is 0.494 e. The molecule has 1 atom stereocenters. The number of aryl methyl sites for hydroxylation is 1. The van der Waals surface area contributed by atoms with E-state index in [1.165, 1.54) is 24.1 Å². The van der Waals surface area contributed by atoms with E-state index in [0.717, 1.165) is 15.4 Å². The zero-order valence-corrected chi connectivity index (χ0v) is 27.6.